The average Bonchev–Trinajstić information content (AvgIpc) is 2.68. The molecule has 28 heavy (non-hydrogen) atoms. The molecule has 0 aromatic heterocycles. The van der Waals surface area contributed by atoms with Gasteiger partial charge in [0.1, 0.15) is 11.9 Å². The summed E-state index contributed by atoms with van der Waals surface area (Å²) in [5, 5.41) is 3.37. The van der Waals surface area contributed by atoms with Gasteiger partial charge in [-0.2, -0.15) is 0 Å². The first-order valence-corrected chi connectivity index (χ1v) is 9.77. The molecule has 2 atom stereocenters. The van der Waals surface area contributed by atoms with Gasteiger partial charge < -0.3 is 10.2 Å². The van der Waals surface area contributed by atoms with Gasteiger partial charge >= 0.3 is 0 Å². The smallest absolute Gasteiger partial charge is 0.242 e. The molecule has 150 valence electrons. The average molecular weight is 405 g/mol. The van der Waals surface area contributed by atoms with Crippen LogP contribution in [0.2, 0.25) is 5.02 Å². The molecule has 0 spiro atoms. The fourth-order valence-corrected chi connectivity index (χ4v) is 2.97. The van der Waals surface area contributed by atoms with Crippen molar-refractivity contribution < 1.29 is 14.0 Å². The van der Waals surface area contributed by atoms with Gasteiger partial charge in [-0.1, -0.05) is 54.9 Å². The van der Waals surface area contributed by atoms with Crippen LogP contribution in [-0.2, 0) is 22.6 Å². The maximum atomic E-state index is 14.2. The highest BCUT2D eigenvalue weighted by Crippen LogP contribution is 2.19. The Kier molecular flexibility index (Phi) is 8.00. The van der Waals surface area contributed by atoms with Crippen molar-refractivity contribution in [3.63, 3.8) is 0 Å². The van der Waals surface area contributed by atoms with Gasteiger partial charge in [0, 0.05) is 23.2 Å². The molecule has 0 aliphatic rings. The van der Waals surface area contributed by atoms with Crippen molar-refractivity contribution in [2.75, 3.05) is 0 Å². The molecule has 0 fully saturated rings. The Morgan fingerprint density at radius 3 is 2.29 bits per heavy atom. The summed E-state index contributed by atoms with van der Waals surface area (Å²) in [5.41, 5.74) is 1.03. The van der Waals surface area contributed by atoms with Gasteiger partial charge in [-0.05, 0) is 38.0 Å². The normalized spacial score (nSPS) is 12.9. The van der Waals surface area contributed by atoms with E-state index >= 15 is 0 Å². The summed E-state index contributed by atoms with van der Waals surface area (Å²) in [6, 6.07) is 12.6. The van der Waals surface area contributed by atoms with Crippen molar-refractivity contribution in [3.8, 4) is 0 Å². The molecule has 0 saturated carbocycles. The first-order valence-electron chi connectivity index (χ1n) is 9.40. The first kappa shape index (κ1) is 21.9. The highest BCUT2D eigenvalue weighted by atomic mass is 35.5. The summed E-state index contributed by atoms with van der Waals surface area (Å²) >= 11 is 6.18. The molecule has 2 aromatic rings. The summed E-state index contributed by atoms with van der Waals surface area (Å²) in [6.45, 7) is 5.53. The first-order chi connectivity index (χ1) is 13.3. The van der Waals surface area contributed by atoms with E-state index in [1.54, 1.807) is 49.4 Å². The molecule has 0 radical (unpaired) electrons. The molecule has 6 heteroatoms. The van der Waals surface area contributed by atoms with Crippen molar-refractivity contribution >= 4 is 23.4 Å². The van der Waals surface area contributed by atoms with E-state index < -0.39 is 11.9 Å². The molecule has 0 aliphatic carbocycles. The van der Waals surface area contributed by atoms with E-state index in [1.165, 1.54) is 11.0 Å². The summed E-state index contributed by atoms with van der Waals surface area (Å²) in [5.74, 6) is -0.964. The number of hydrogen-bond acceptors (Lipinski definition) is 2. The Bertz CT molecular complexity index is 828. The van der Waals surface area contributed by atoms with Gasteiger partial charge in [-0.15, -0.1) is 0 Å². The number of hydrogen-bond donors (Lipinski definition) is 1. The second kappa shape index (κ2) is 10.2. The molecule has 0 unspecified atom stereocenters. The van der Waals surface area contributed by atoms with Gasteiger partial charge in [0.05, 0.1) is 6.42 Å². The number of carbonyl (C=O) groups is 2. The predicted octanol–water partition coefficient (Wildman–Crippen LogP) is 4.35. The Labute approximate surface area is 170 Å². The van der Waals surface area contributed by atoms with Gasteiger partial charge in [-0.25, -0.2) is 4.39 Å². The predicted molar refractivity (Wildman–Crippen MR) is 109 cm³/mol. The zero-order valence-electron chi connectivity index (χ0n) is 16.4. The maximum Gasteiger partial charge on any atom is 0.242 e. The largest absolute Gasteiger partial charge is 0.352 e. The van der Waals surface area contributed by atoms with Gasteiger partial charge in [-0.3, -0.25) is 9.59 Å². The minimum Gasteiger partial charge on any atom is -0.352 e. The third-order valence-electron chi connectivity index (χ3n) is 4.77. The second-order valence-corrected chi connectivity index (χ2v) is 7.28. The van der Waals surface area contributed by atoms with Crippen LogP contribution in [0, 0.1) is 5.82 Å². The van der Waals surface area contributed by atoms with E-state index in [0.717, 1.165) is 6.42 Å². The van der Waals surface area contributed by atoms with E-state index in [9.17, 15) is 14.0 Å². The lowest BCUT2D eigenvalue weighted by atomic mass is 10.1. The molecule has 0 bridgehead atoms. The molecule has 2 rings (SSSR count). The van der Waals surface area contributed by atoms with E-state index in [0.29, 0.717) is 16.1 Å². The molecular weight excluding hydrogens is 379 g/mol. The number of nitrogens with zero attached hydrogens (tertiary/aromatic N) is 1. The Morgan fingerprint density at radius 1 is 1.07 bits per heavy atom. The van der Waals surface area contributed by atoms with Crippen LogP contribution in [0.4, 0.5) is 4.39 Å². The SMILES string of the molecule is CC[C@@H](C)NC(=O)[C@H](C)N(Cc1ccccc1F)C(=O)Cc1ccccc1Cl. The molecule has 1 N–H and O–H groups in total. The van der Waals surface area contributed by atoms with Crippen molar-refractivity contribution in [2.45, 2.75) is 52.2 Å². The van der Waals surface area contributed by atoms with Crippen LogP contribution in [0.25, 0.3) is 0 Å². The minimum absolute atomic E-state index is 0.00501. The standard InChI is InChI=1S/C22H26ClFN2O2/c1-4-15(2)25-22(28)16(3)26(14-18-10-6-8-12-20(18)24)21(27)13-17-9-5-7-11-19(17)23/h5-12,15-16H,4,13-14H2,1-3H3,(H,25,28)/t15-,16+/m1/s1. The molecule has 4 nitrogen and oxygen atoms in total. The number of rotatable bonds is 8. The number of halogens is 2. The number of nitrogens with one attached hydrogen (secondary N) is 1. The van der Waals surface area contributed by atoms with Gasteiger partial charge in [0.2, 0.25) is 11.8 Å². The molecule has 0 heterocycles. The quantitative estimate of drug-likeness (QED) is 0.710. The van der Waals surface area contributed by atoms with Crippen LogP contribution in [0.1, 0.15) is 38.3 Å². The van der Waals surface area contributed by atoms with Crippen molar-refractivity contribution in [2.24, 2.45) is 0 Å². The summed E-state index contributed by atoms with van der Waals surface area (Å²) < 4.78 is 14.2. The minimum atomic E-state index is -0.747. The third-order valence-corrected chi connectivity index (χ3v) is 5.14. The lowest BCUT2D eigenvalue weighted by molar-refractivity contribution is -0.140. The van der Waals surface area contributed by atoms with E-state index in [2.05, 4.69) is 5.32 Å². The van der Waals surface area contributed by atoms with E-state index in [4.69, 9.17) is 11.6 Å². The number of benzene rings is 2. The molecule has 2 amide bonds. The van der Waals surface area contributed by atoms with E-state index in [1.807, 2.05) is 13.8 Å². The highest BCUT2D eigenvalue weighted by molar-refractivity contribution is 6.31. The fourth-order valence-electron chi connectivity index (χ4n) is 2.76. The number of carbonyl (C=O) groups excluding carboxylic acids is 2. The Hall–Kier alpha value is -2.40. The van der Waals surface area contributed by atoms with E-state index in [-0.39, 0.29) is 30.8 Å². The van der Waals surface area contributed by atoms with Crippen LogP contribution in [0.5, 0.6) is 0 Å². The van der Waals surface area contributed by atoms with Gasteiger partial charge in [0.25, 0.3) is 0 Å². The topological polar surface area (TPSA) is 49.4 Å². The summed E-state index contributed by atoms with van der Waals surface area (Å²) in [4.78, 5) is 27.1. The van der Waals surface area contributed by atoms with Crippen LogP contribution < -0.4 is 5.32 Å². The molecule has 0 aliphatic heterocycles. The molecule has 0 saturated heterocycles. The van der Waals surface area contributed by atoms with Crippen LogP contribution >= 0.6 is 11.6 Å². The molecule has 2 aromatic carbocycles. The third kappa shape index (κ3) is 5.80. The van der Waals surface area contributed by atoms with Crippen molar-refractivity contribution in [1.29, 1.82) is 0 Å². The van der Waals surface area contributed by atoms with Gasteiger partial charge in [0.15, 0.2) is 0 Å². The lowest BCUT2D eigenvalue weighted by Gasteiger charge is -2.30. The van der Waals surface area contributed by atoms with Crippen LogP contribution in [0.15, 0.2) is 48.5 Å². The lowest BCUT2D eigenvalue weighted by Crippen LogP contribution is -2.50. The summed E-state index contributed by atoms with van der Waals surface area (Å²) in [7, 11) is 0. The summed E-state index contributed by atoms with van der Waals surface area (Å²) in [6.07, 6.45) is 0.814. The molecular formula is C22H26ClFN2O2. The Morgan fingerprint density at radius 2 is 1.68 bits per heavy atom. The van der Waals surface area contributed by atoms with Crippen LogP contribution in [0.3, 0.4) is 0 Å². The zero-order chi connectivity index (χ0) is 20.7. The Balaban J connectivity index is 2.26. The highest BCUT2D eigenvalue weighted by Gasteiger charge is 2.27. The zero-order valence-corrected chi connectivity index (χ0v) is 17.2. The van der Waals surface area contributed by atoms with Crippen LogP contribution in [-0.4, -0.2) is 28.8 Å². The van der Waals surface area contributed by atoms with Crippen molar-refractivity contribution in [3.05, 3.63) is 70.5 Å². The monoisotopic (exact) mass is 404 g/mol. The maximum absolute atomic E-state index is 14.2. The number of amides is 2. The second-order valence-electron chi connectivity index (χ2n) is 6.88. The fraction of sp³-hybridized carbons (Fsp3) is 0.364. The van der Waals surface area contributed by atoms with Crippen molar-refractivity contribution in [1.82, 2.24) is 10.2 Å².